The zero-order valence-electron chi connectivity index (χ0n) is 16.1. The molecule has 25 heavy (non-hydrogen) atoms. The highest BCUT2D eigenvalue weighted by atomic mass is 16.7. The van der Waals surface area contributed by atoms with Gasteiger partial charge in [-0.3, -0.25) is 0 Å². The zero-order valence-corrected chi connectivity index (χ0v) is 16.1. The number of aliphatic hydroxyl groups is 1. The van der Waals surface area contributed by atoms with Gasteiger partial charge in [0, 0.05) is 0 Å². The number of benzene rings is 1. The Hall–Kier alpha value is -1.63. The quantitative estimate of drug-likeness (QED) is 0.514. The van der Waals surface area contributed by atoms with Crippen LogP contribution in [0.1, 0.15) is 44.4 Å². The highest BCUT2D eigenvalue weighted by Crippen LogP contribution is 2.37. The van der Waals surface area contributed by atoms with Gasteiger partial charge >= 0.3 is 13.1 Å². The summed E-state index contributed by atoms with van der Waals surface area (Å²) in [6.45, 7) is 11.7. The maximum absolute atomic E-state index is 12.1. The third kappa shape index (κ3) is 3.66. The summed E-state index contributed by atoms with van der Waals surface area (Å²) in [6, 6.07) is 3.88. The highest BCUT2D eigenvalue weighted by Gasteiger charge is 2.52. The first-order chi connectivity index (χ1) is 11.5. The molecule has 0 amide bonds. The molecule has 1 aromatic carbocycles. The molecular weight excluding hydrogens is 319 g/mol. The second-order valence-corrected chi connectivity index (χ2v) is 7.40. The molecular formula is C19H27BO5. The molecule has 1 N–H and O–H groups in total. The molecule has 1 heterocycles. The molecule has 0 spiro atoms. The second kappa shape index (κ2) is 6.94. The Labute approximate surface area is 150 Å². The molecule has 0 aromatic heterocycles. The first kappa shape index (κ1) is 19.7. The van der Waals surface area contributed by atoms with E-state index in [1.54, 1.807) is 0 Å². The van der Waals surface area contributed by atoms with Gasteiger partial charge in [0.1, 0.15) is 0 Å². The van der Waals surface area contributed by atoms with Crippen molar-refractivity contribution >= 4 is 24.1 Å². The predicted molar refractivity (Wildman–Crippen MR) is 98.7 cm³/mol. The van der Waals surface area contributed by atoms with Gasteiger partial charge in [0.05, 0.1) is 30.5 Å². The van der Waals surface area contributed by atoms with E-state index in [-0.39, 0.29) is 6.61 Å². The molecule has 1 aliphatic heterocycles. The number of rotatable bonds is 4. The molecule has 136 valence electrons. The lowest BCUT2D eigenvalue weighted by molar-refractivity contribution is -0.133. The monoisotopic (exact) mass is 346 g/mol. The lowest BCUT2D eigenvalue weighted by Gasteiger charge is -2.32. The van der Waals surface area contributed by atoms with Gasteiger partial charge in [-0.1, -0.05) is 17.7 Å². The minimum absolute atomic E-state index is 0.246. The Kier molecular flexibility index (Phi) is 5.47. The highest BCUT2D eigenvalue weighted by molar-refractivity contribution is 6.62. The molecule has 0 saturated carbocycles. The van der Waals surface area contributed by atoms with Crippen molar-refractivity contribution in [1.29, 1.82) is 0 Å². The summed E-state index contributed by atoms with van der Waals surface area (Å²) in [4.78, 5) is 12.1. The largest absolute Gasteiger partial charge is 0.495 e. The molecule has 0 radical (unpaired) electrons. The molecule has 2 rings (SSSR count). The van der Waals surface area contributed by atoms with Crippen molar-refractivity contribution in [1.82, 2.24) is 0 Å². The number of carbonyl (C=O) groups is 1. The lowest BCUT2D eigenvalue weighted by atomic mass is 9.74. The third-order valence-electron chi connectivity index (χ3n) is 5.11. The Balaban J connectivity index is 2.52. The molecule has 1 saturated heterocycles. The van der Waals surface area contributed by atoms with Gasteiger partial charge < -0.3 is 19.2 Å². The van der Waals surface area contributed by atoms with Crippen molar-refractivity contribution in [2.75, 3.05) is 13.7 Å². The van der Waals surface area contributed by atoms with Crippen molar-refractivity contribution in [2.45, 2.75) is 52.7 Å². The van der Waals surface area contributed by atoms with Crippen molar-refractivity contribution in [2.24, 2.45) is 0 Å². The molecule has 1 fully saturated rings. The molecule has 1 aromatic rings. The number of esters is 1. The molecule has 0 bridgehead atoms. The predicted octanol–water partition coefficient (Wildman–Crippen LogP) is 2.15. The Morgan fingerprint density at radius 1 is 1.16 bits per heavy atom. The third-order valence-corrected chi connectivity index (χ3v) is 5.11. The topological polar surface area (TPSA) is 65.0 Å². The van der Waals surface area contributed by atoms with Crippen LogP contribution in [0.4, 0.5) is 0 Å². The summed E-state index contributed by atoms with van der Waals surface area (Å²) in [5.41, 5.74) is 2.96. The fraction of sp³-hybridized carbons (Fsp3) is 0.526. The SMILES string of the molecule is COC(=O)/C(=C/CO)c1cc(B2OC(C)(C)C(C)(C)O2)c(C)cc1C. The van der Waals surface area contributed by atoms with Crippen LogP contribution in [0.5, 0.6) is 0 Å². The maximum atomic E-state index is 12.1. The van der Waals surface area contributed by atoms with E-state index in [0.29, 0.717) is 11.1 Å². The molecule has 0 aliphatic carbocycles. The number of aliphatic hydroxyl groups excluding tert-OH is 1. The van der Waals surface area contributed by atoms with E-state index in [9.17, 15) is 9.90 Å². The minimum Gasteiger partial charge on any atom is -0.465 e. The van der Waals surface area contributed by atoms with Gasteiger partial charge in [-0.05, 0) is 64.2 Å². The summed E-state index contributed by atoms with van der Waals surface area (Å²) in [5, 5.41) is 9.27. The average Bonchev–Trinajstić information content (AvgIpc) is 2.72. The van der Waals surface area contributed by atoms with Crippen molar-refractivity contribution in [3.8, 4) is 0 Å². The summed E-state index contributed by atoms with van der Waals surface area (Å²) in [6.07, 6.45) is 1.46. The van der Waals surface area contributed by atoms with Crippen LogP contribution in [0, 0.1) is 13.8 Å². The van der Waals surface area contributed by atoms with Crippen LogP contribution in [0.15, 0.2) is 18.2 Å². The van der Waals surface area contributed by atoms with E-state index in [2.05, 4.69) is 0 Å². The van der Waals surface area contributed by atoms with Gasteiger partial charge in [-0.25, -0.2) is 4.79 Å². The molecule has 1 aliphatic rings. The number of aryl methyl sites for hydroxylation is 2. The van der Waals surface area contributed by atoms with E-state index in [1.165, 1.54) is 13.2 Å². The Morgan fingerprint density at radius 2 is 1.72 bits per heavy atom. The fourth-order valence-electron chi connectivity index (χ4n) is 2.89. The van der Waals surface area contributed by atoms with Crippen LogP contribution in [0.25, 0.3) is 5.57 Å². The first-order valence-corrected chi connectivity index (χ1v) is 8.40. The van der Waals surface area contributed by atoms with Gasteiger partial charge in [0.25, 0.3) is 0 Å². The lowest BCUT2D eigenvalue weighted by Crippen LogP contribution is -2.41. The second-order valence-electron chi connectivity index (χ2n) is 7.40. The Bertz CT molecular complexity index is 690. The average molecular weight is 346 g/mol. The van der Waals surface area contributed by atoms with Crippen molar-refractivity contribution < 1.29 is 23.9 Å². The summed E-state index contributed by atoms with van der Waals surface area (Å²) in [5.74, 6) is -0.485. The van der Waals surface area contributed by atoms with Crippen LogP contribution < -0.4 is 5.46 Å². The Morgan fingerprint density at radius 3 is 2.20 bits per heavy atom. The van der Waals surface area contributed by atoms with Crippen LogP contribution in [-0.2, 0) is 18.8 Å². The van der Waals surface area contributed by atoms with Crippen LogP contribution in [0.2, 0.25) is 0 Å². The van der Waals surface area contributed by atoms with E-state index < -0.39 is 24.3 Å². The summed E-state index contributed by atoms with van der Waals surface area (Å²) >= 11 is 0. The number of hydrogen-bond donors (Lipinski definition) is 1. The standard InChI is InChI=1S/C19H27BO5/c1-12-10-13(2)16(20-24-18(3,4)19(5,6)25-20)11-15(12)14(8-9-21)17(22)23-7/h8,10-11,21H,9H2,1-7H3/b14-8+. The van der Waals surface area contributed by atoms with Gasteiger partial charge in [-0.15, -0.1) is 0 Å². The summed E-state index contributed by atoms with van der Waals surface area (Å²) < 4.78 is 17.1. The zero-order chi connectivity index (χ0) is 19.0. The normalized spacial score (nSPS) is 19.2. The fourth-order valence-corrected chi connectivity index (χ4v) is 2.89. The molecule has 5 nitrogen and oxygen atoms in total. The van der Waals surface area contributed by atoms with E-state index in [4.69, 9.17) is 14.0 Å². The first-order valence-electron chi connectivity index (χ1n) is 8.40. The molecule has 0 atom stereocenters. The van der Waals surface area contributed by atoms with E-state index >= 15 is 0 Å². The van der Waals surface area contributed by atoms with Gasteiger partial charge in [-0.2, -0.15) is 0 Å². The number of ether oxygens (including phenoxy) is 1. The van der Waals surface area contributed by atoms with Gasteiger partial charge in [0.15, 0.2) is 0 Å². The minimum atomic E-state index is -0.516. The summed E-state index contributed by atoms with van der Waals surface area (Å²) in [7, 11) is 0.809. The maximum Gasteiger partial charge on any atom is 0.495 e. The molecule has 0 unspecified atom stereocenters. The van der Waals surface area contributed by atoms with Crippen LogP contribution in [-0.4, -0.2) is 43.1 Å². The smallest absolute Gasteiger partial charge is 0.465 e. The van der Waals surface area contributed by atoms with Crippen molar-refractivity contribution in [3.05, 3.63) is 34.9 Å². The van der Waals surface area contributed by atoms with E-state index in [1.807, 2.05) is 53.7 Å². The number of hydrogen-bond acceptors (Lipinski definition) is 5. The van der Waals surface area contributed by atoms with Crippen LogP contribution >= 0.6 is 0 Å². The van der Waals surface area contributed by atoms with Crippen LogP contribution in [0.3, 0.4) is 0 Å². The van der Waals surface area contributed by atoms with Gasteiger partial charge in [0.2, 0.25) is 0 Å². The van der Waals surface area contributed by atoms with E-state index in [0.717, 1.165) is 16.6 Å². The van der Waals surface area contributed by atoms with Crippen molar-refractivity contribution in [3.63, 3.8) is 0 Å². The number of methoxy groups -OCH3 is 1. The number of carbonyl (C=O) groups excluding carboxylic acids is 1. The molecule has 6 heteroatoms.